The number of hydrogen-bond acceptors (Lipinski definition) is 9. The van der Waals surface area contributed by atoms with Crippen LogP contribution in [0.1, 0.15) is 6.92 Å². The molecule has 0 fully saturated rings. The topological polar surface area (TPSA) is 178 Å². The summed E-state index contributed by atoms with van der Waals surface area (Å²) in [6.45, 7) is 1.58. The van der Waals surface area contributed by atoms with Crippen molar-refractivity contribution in [2.75, 3.05) is 27.4 Å². The monoisotopic (exact) mass is 530 g/mol. The summed E-state index contributed by atoms with van der Waals surface area (Å²) in [5.74, 6) is 0.843. The second-order valence-electron chi connectivity index (χ2n) is 6.72. The zero-order valence-electron chi connectivity index (χ0n) is 19.1. The molecule has 0 spiro atoms. The van der Waals surface area contributed by atoms with Gasteiger partial charge in [-0.25, -0.2) is 35.9 Å². The second kappa shape index (κ2) is 12.2. The molecule has 0 aliphatic carbocycles. The first-order valence-corrected chi connectivity index (χ1v) is 13.0. The van der Waals surface area contributed by atoms with E-state index < -0.39 is 38.3 Å². The van der Waals surface area contributed by atoms with E-state index in [0.717, 1.165) is 0 Å². The summed E-state index contributed by atoms with van der Waals surface area (Å²) in [6.07, 6.45) is -1.27. The largest absolute Gasteiger partial charge is 0.497 e. The first-order chi connectivity index (χ1) is 16.5. The van der Waals surface area contributed by atoms with Gasteiger partial charge in [-0.15, -0.1) is 0 Å². The van der Waals surface area contributed by atoms with Crippen LogP contribution in [0, 0.1) is 0 Å². The Balaban J connectivity index is 2.04. The molecule has 0 heterocycles. The van der Waals surface area contributed by atoms with Gasteiger partial charge in [0.2, 0.25) is 0 Å². The standard InChI is InChI=1S/C20H26N4O9S2/c1-4-33-13-18(21-19(25)23-34(27,28)16-9-5-14(31-2)6-10-16)22-20(26)24-35(29,30)17-11-7-15(32-3)8-12-17/h5-12,18H,4,13H2,1-3H3,(H2,21,23,25)(H2,22,24,26). The fraction of sp³-hybridized carbons (Fsp3) is 0.300. The predicted molar refractivity (Wildman–Crippen MR) is 124 cm³/mol. The van der Waals surface area contributed by atoms with Crippen molar-refractivity contribution in [3.05, 3.63) is 48.5 Å². The summed E-state index contributed by atoms with van der Waals surface area (Å²) in [5.41, 5.74) is 0. The maximum Gasteiger partial charge on any atom is 0.330 e. The third kappa shape index (κ3) is 8.31. The van der Waals surface area contributed by atoms with Crippen LogP contribution in [0.4, 0.5) is 9.59 Å². The molecule has 192 valence electrons. The molecule has 0 radical (unpaired) electrons. The van der Waals surface area contributed by atoms with E-state index in [1.54, 1.807) is 16.4 Å². The molecule has 13 nitrogen and oxygen atoms in total. The molecule has 0 unspecified atom stereocenters. The van der Waals surface area contributed by atoms with E-state index in [4.69, 9.17) is 14.2 Å². The van der Waals surface area contributed by atoms with Gasteiger partial charge in [0.1, 0.15) is 17.7 Å². The maximum atomic E-state index is 12.4. The fourth-order valence-corrected chi connectivity index (χ4v) is 4.43. The molecule has 2 aromatic carbocycles. The lowest BCUT2D eigenvalue weighted by molar-refractivity contribution is 0.116. The molecular weight excluding hydrogens is 504 g/mol. The third-order valence-electron chi connectivity index (χ3n) is 4.29. The average Bonchev–Trinajstić information content (AvgIpc) is 2.81. The number of urea groups is 2. The molecule has 2 aromatic rings. The molecule has 0 atom stereocenters. The van der Waals surface area contributed by atoms with Crippen molar-refractivity contribution in [2.45, 2.75) is 22.9 Å². The molecular formula is C20H26N4O9S2. The van der Waals surface area contributed by atoms with Crippen molar-refractivity contribution in [3.63, 3.8) is 0 Å². The number of carbonyl (C=O) groups excluding carboxylic acids is 2. The lowest BCUT2D eigenvalue weighted by atomic mass is 10.3. The quantitative estimate of drug-likeness (QED) is 0.305. The van der Waals surface area contributed by atoms with Crippen LogP contribution in [0.5, 0.6) is 11.5 Å². The highest BCUT2D eigenvalue weighted by atomic mass is 32.2. The van der Waals surface area contributed by atoms with Crippen molar-refractivity contribution in [2.24, 2.45) is 0 Å². The van der Waals surface area contributed by atoms with Gasteiger partial charge in [0, 0.05) is 6.61 Å². The first-order valence-electron chi connectivity index (χ1n) is 10.0. The summed E-state index contributed by atoms with van der Waals surface area (Å²) in [5, 5.41) is 4.42. The van der Waals surface area contributed by atoms with E-state index >= 15 is 0 Å². The maximum absolute atomic E-state index is 12.4. The van der Waals surface area contributed by atoms with Crippen molar-refractivity contribution in [1.82, 2.24) is 20.1 Å². The highest BCUT2D eigenvalue weighted by molar-refractivity contribution is 7.90. The fourth-order valence-electron chi connectivity index (χ4n) is 2.60. The van der Waals surface area contributed by atoms with Gasteiger partial charge in [-0.2, -0.15) is 0 Å². The number of amides is 4. The lowest BCUT2D eigenvalue weighted by Crippen LogP contribution is -2.56. The summed E-state index contributed by atoms with van der Waals surface area (Å²) in [7, 11) is -5.65. The van der Waals surface area contributed by atoms with Gasteiger partial charge in [-0.1, -0.05) is 0 Å². The van der Waals surface area contributed by atoms with E-state index in [-0.39, 0.29) is 23.0 Å². The molecule has 15 heteroatoms. The Labute approximate surface area is 203 Å². The Morgan fingerprint density at radius 1 is 0.743 bits per heavy atom. The van der Waals surface area contributed by atoms with Crippen LogP contribution >= 0.6 is 0 Å². The number of benzene rings is 2. The molecule has 0 saturated heterocycles. The van der Waals surface area contributed by atoms with Gasteiger partial charge >= 0.3 is 12.1 Å². The van der Waals surface area contributed by atoms with Crippen LogP contribution in [0.2, 0.25) is 0 Å². The highest BCUT2D eigenvalue weighted by Gasteiger charge is 2.23. The van der Waals surface area contributed by atoms with Crippen LogP contribution in [-0.2, 0) is 24.8 Å². The lowest BCUT2D eigenvalue weighted by Gasteiger charge is -2.20. The summed E-state index contributed by atoms with van der Waals surface area (Å²) < 4.78 is 68.4. The van der Waals surface area contributed by atoms with Gasteiger partial charge < -0.3 is 24.8 Å². The van der Waals surface area contributed by atoms with Crippen LogP contribution in [0.15, 0.2) is 58.3 Å². The number of nitrogens with one attached hydrogen (secondary N) is 4. The highest BCUT2D eigenvalue weighted by Crippen LogP contribution is 2.16. The number of sulfonamides is 2. The van der Waals surface area contributed by atoms with E-state index in [2.05, 4.69) is 10.6 Å². The molecule has 0 aromatic heterocycles. The van der Waals surface area contributed by atoms with Crippen molar-refractivity contribution >= 4 is 32.1 Å². The minimum absolute atomic E-state index is 0.203. The predicted octanol–water partition coefficient (Wildman–Crippen LogP) is 0.742. The normalized spacial score (nSPS) is 11.4. The van der Waals surface area contributed by atoms with Gasteiger partial charge in [-0.3, -0.25) is 0 Å². The Morgan fingerprint density at radius 2 is 1.11 bits per heavy atom. The summed E-state index contributed by atoms with van der Waals surface area (Å²) in [6, 6.07) is 8.21. The molecule has 4 N–H and O–H groups in total. The zero-order chi connectivity index (χ0) is 26.1. The average molecular weight is 531 g/mol. The van der Waals surface area contributed by atoms with Gasteiger partial charge in [0.25, 0.3) is 20.0 Å². The van der Waals surface area contributed by atoms with E-state index in [9.17, 15) is 26.4 Å². The first kappa shape index (κ1) is 27.7. The van der Waals surface area contributed by atoms with Crippen LogP contribution in [-0.4, -0.2) is 62.5 Å². The van der Waals surface area contributed by atoms with Gasteiger partial charge in [-0.05, 0) is 55.5 Å². The van der Waals surface area contributed by atoms with E-state index in [1.165, 1.54) is 62.8 Å². The summed E-state index contributed by atoms with van der Waals surface area (Å²) in [4.78, 5) is 24.2. The SMILES string of the molecule is CCOCC(NC(=O)NS(=O)(=O)c1ccc(OC)cc1)NC(=O)NS(=O)(=O)c1ccc(OC)cc1. The number of carbonyl (C=O) groups is 2. The Morgan fingerprint density at radius 3 is 1.43 bits per heavy atom. The number of rotatable bonds is 11. The van der Waals surface area contributed by atoms with Crippen molar-refractivity contribution in [3.8, 4) is 11.5 Å². The molecule has 0 aliphatic rings. The smallest absolute Gasteiger partial charge is 0.330 e. The van der Waals surface area contributed by atoms with Crippen LogP contribution in [0.25, 0.3) is 0 Å². The minimum Gasteiger partial charge on any atom is -0.497 e. The second-order valence-corrected chi connectivity index (χ2v) is 10.1. The molecule has 0 saturated carbocycles. The molecule has 2 rings (SSSR count). The zero-order valence-corrected chi connectivity index (χ0v) is 20.7. The molecule has 4 amide bonds. The Kier molecular flexibility index (Phi) is 9.68. The Bertz CT molecular complexity index is 1120. The minimum atomic E-state index is -4.24. The van der Waals surface area contributed by atoms with Gasteiger partial charge in [0.15, 0.2) is 0 Å². The molecule has 35 heavy (non-hydrogen) atoms. The van der Waals surface area contributed by atoms with Gasteiger partial charge in [0.05, 0.1) is 30.6 Å². The number of ether oxygens (including phenoxy) is 3. The van der Waals surface area contributed by atoms with Crippen molar-refractivity contribution < 1.29 is 40.6 Å². The van der Waals surface area contributed by atoms with Crippen LogP contribution in [0.3, 0.4) is 0 Å². The third-order valence-corrected chi connectivity index (χ3v) is 6.99. The molecule has 0 bridgehead atoms. The number of methoxy groups -OCH3 is 2. The molecule has 0 aliphatic heterocycles. The Hall–Kier alpha value is -3.56. The van der Waals surface area contributed by atoms with E-state index in [0.29, 0.717) is 11.5 Å². The van der Waals surface area contributed by atoms with Crippen molar-refractivity contribution in [1.29, 1.82) is 0 Å². The summed E-state index contributed by atoms with van der Waals surface area (Å²) >= 11 is 0. The van der Waals surface area contributed by atoms with Crippen LogP contribution < -0.4 is 29.6 Å². The van der Waals surface area contributed by atoms with E-state index in [1.807, 2.05) is 0 Å². The number of hydrogen-bond donors (Lipinski definition) is 4.